The Morgan fingerprint density at radius 2 is 2.20 bits per heavy atom. The maximum absolute atomic E-state index is 5.87. The molecule has 3 heteroatoms. The molecule has 1 aromatic carbocycles. The molecule has 104 valence electrons. The number of hydrogen-bond acceptors (Lipinski definition) is 3. The molecule has 2 aromatic rings. The lowest BCUT2D eigenvalue weighted by atomic mass is 9.91. The first-order valence-corrected chi connectivity index (χ1v) is 6.96. The van der Waals surface area contributed by atoms with E-state index in [1.807, 2.05) is 25.3 Å². The van der Waals surface area contributed by atoms with Crippen LogP contribution in [0.5, 0.6) is 11.5 Å². The van der Waals surface area contributed by atoms with E-state index in [2.05, 4.69) is 23.2 Å². The Morgan fingerprint density at radius 1 is 1.30 bits per heavy atom. The molecular formula is C17H19NO2. The Morgan fingerprint density at radius 3 is 2.95 bits per heavy atom. The van der Waals surface area contributed by atoms with Crippen molar-refractivity contribution >= 4 is 0 Å². The molecule has 3 rings (SSSR count). The number of fused-ring (bicyclic) bond motifs is 1. The monoisotopic (exact) mass is 269 g/mol. The first-order chi connectivity index (χ1) is 9.74. The Kier molecular flexibility index (Phi) is 3.59. The molecule has 1 aromatic heterocycles. The second-order valence-electron chi connectivity index (χ2n) is 5.37. The summed E-state index contributed by atoms with van der Waals surface area (Å²) in [6.45, 7) is 2.77. The van der Waals surface area contributed by atoms with Gasteiger partial charge in [-0.15, -0.1) is 0 Å². The zero-order valence-electron chi connectivity index (χ0n) is 11.9. The molecular weight excluding hydrogens is 250 g/mol. The molecule has 0 aliphatic carbocycles. The number of hydrogen-bond donors (Lipinski definition) is 0. The number of methoxy groups -OCH3 is 1. The number of aromatic nitrogens is 1. The number of aryl methyl sites for hydroxylation is 1. The third-order valence-corrected chi connectivity index (χ3v) is 3.75. The molecule has 0 amide bonds. The molecule has 0 unspecified atom stereocenters. The molecule has 3 nitrogen and oxygen atoms in total. The van der Waals surface area contributed by atoms with Gasteiger partial charge in [-0.1, -0.05) is 12.1 Å². The second kappa shape index (κ2) is 5.53. The zero-order chi connectivity index (χ0) is 13.9. The van der Waals surface area contributed by atoms with Crippen molar-refractivity contribution < 1.29 is 9.47 Å². The first kappa shape index (κ1) is 13.0. The van der Waals surface area contributed by atoms with Crippen LogP contribution in [0.4, 0.5) is 0 Å². The summed E-state index contributed by atoms with van der Waals surface area (Å²) in [5.41, 5.74) is 3.61. The Bertz CT molecular complexity index is 592. The maximum atomic E-state index is 5.87. The third kappa shape index (κ3) is 2.77. The lowest BCUT2D eigenvalue weighted by Crippen LogP contribution is -2.22. The molecule has 0 saturated heterocycles. The van der Waals surface area contributed by atoms with Gasteiger partial charge in [0.2, 0.25) is 0 Å². The third-order valence-electron chi connectivity index (χ3n) is 3.75. The minimum atomic E-state index is 0.514. The Balaban J connectivity index is 1.70. The van der Waals surface area contributed by atoms with E-state index >= 15 is 0 Å². The smallest absolute Gasteiger partial charge is 0.126 e. The van der Waals surface area contributed by atoms with Crippen molar-refractivity contribution in [1.82, 2.24) is 4.98 Å². The summed E-state index contributed by atoms with van der Waals surface area (Å²) in [6.07, 6.45) is 4.03. The van der Waals surface area contributed by atoms with Crippen molar-refractivity contribution in [2.75, 3.05) is 13.7 Å². The van der Waals surface area contributed by atoms with Gasteiger partial charge in [-0.05, 0) is 43.0 Å². The lowest BCUT2D eigenvalue weighted by Gasteiger charge is -2.25. The van der Waals surface area contributed by atoms with Crippen LogP contribution in [0.25, 0.3) is 0 Å². The molecule has 20 heavy (non-hydrogen) atoms. The van der Waals surface area contributed by atoms with Crippen molar-refractivity contribution in [2.45, 2.75) is 19.8 Å². The van der Waals surface area contributed by atoms with E-state index < -0.39 is 0 Å². The average molecular weight is 269 g/mol. The van der Waals surface area contributed by atoms with Gasteiger partial charge in [0.15, 0.2) is 0 Å². The summed E-state index contributed by atoms with van der Waals surface area (Å²) >= 11 is 0. The summed E-state index contributed by atoms with van der Waals surface area (Å²) in [6, 6.07) is 10.3. The van der Waals surface area contributed by atoms with Crippen LogP contribution in [0.3, 0.4) is 0 Å². The highest BCUT2D eigenvalue weighted by atomic mass is 16.5. The number of ether oxygens (including phenoxy) is 2. The van der Waals surface area contributed by atoms with Gasteiger partial charge in [0.05, 0.1) is 13.7 Å². The Hall–Kier alpha value is -2.03. The highest BCUT2D eigenvalue weighted by Crippen LogP contribution is 2.32. The molecule has 0 fully saturated rings. The fourth-order valence-corrected chi connectivity index (χ4v) is 2.63. The SMILES string of the molecule is COc1ccc2c(c1)OC[C@@H](Cc1ccc(C)nc1)C2. The highest BCUT2D eigenvalue weighted by Gasteiger charge is 2.20. The molecule has 0 bridgehead atoms. The van der Waals surface area contributed by atoms with Gasteiger partial charge in [0.1, 0.15) is 11.5 Å². The minimum absolute atomic E-state index is 0.514. The largest absolute Gasteiger partial charge is 0.497 e. The van der Waals surface area contributed by atoms with E-state index in [0.29, 0.717) is 5.92 Å². The minimum Gasteiger partial charge on any atom is -0.497 e. The fraction of sp³-hybridized carbons (Fsp3) is 0.353. The lowest BCUT2D eigenvalue weighted by molar-refractivity contribution is 0.220. The van der Waals surface area contributed by atoms with Crippen LogP contribution < -0.4 is 9.47 Å². The van der Waals surface area contributed by atoms with Crippen LogP contribution in [0, 0.1) is 12.8 Å². The van der Waals surface area contributed by atoms with E-state index in [1.54, 1.807) is 7.11 Å². The number of rotatable bonds is 3. The van der Waals surface area contributed by atoms with E-state index in [-0.39, 0.29) is 0 Å². The van der Waals surface area contributed by atoms with Crippen molar-refractivity contribution in [3.8, 4) is 11.5 Å². The van der Waals surface area contributed by atoms with Gasteiger partial charge in [-0.25, -0.2) is 0 Å². The summed E-state index contributed by atoms with van der Waals surface area (Å²) < 4.78 is 11.1. The van der Waals surface area contributed by atoms with Gasteiger partial charge >= 0.3 is 0 Å². The molecule has 0 N–H and O–H groups in total. The molecule has 2 heterocycles. The van der Waals surface area contributed by atoms with Crippen molar-refractivity contribution in [1.29, 1.82) is 0 Å². The van der Waals surface area contributed by atoms with Crippen LogP contribution in [0.1, 0.15) is 16.8 Å². The highest BCUT2D eigenvalue weighted by molar-refractivity contribution is 5.42. The summed E-state index contributed by atoms with van der Waals surface area (Å²) in [4.78, 5) is 4.35. The van der Waals surface area contributed by atoms with Gasteiger partial charge in [-0.3, -0.25) is 4.98 Å². The summed E-state index contributed by atoms with van der Waals surface area (Å²) in [7, 11) is 1.68. The molecule has 1 aliphatic heterocycles. The van der Waals surface area contributed by atoms with Gasteiger partial charge in [0.25, 0.3) is 0 Å². The van der Waals surface area contributed by atoms with E-state index in [4.69, 9.17) is 9.47 Å². The van der Waals surface area contributed by atoms with Crippen LogP contribution in [-0.4, -0.2) is 18.7 Å². The van der Waals surface area contributed by atoms with Crippen molar-refractivity contribution in [3.05, 3.63) is 53.3 Å². The van der Waals surface area contributed by atoms with E-state index in [9.17, 15) is 0 Å². The van der Waals surface area contributed by atoms with Gasteiger partial charge < -0.3 is 9.47 Å². The maximum Gasteiger partial charge on any atom is 0.126 e. The topological polar surface area (TPSA) is 31.4 Å². The summed E-state index contributed by atoms with van der Waals surface area (Å²) in [5, 5.41) is 0. The average Bonchev–Trinajstić information content (AvgIpc) is 2.49. The van der Waals surface area contributed by atoms with Crippen molar-refractivity contribution in [3.63, 3.8) is 0 Å². The molecule has 0 saturated carbocycles. The van der Waals surface area contributed by atoms with E-state index in [1.165, 1.54) is 11.1 Å². The quantitative estimate of drug-likeness (QED) is 0.857. The summed E-state index contributed by atoms with van der Waals surface area (Å²) in [5.74, 6) is 2.33. The Labute approximate surface area is 119 Å². The fourth-order valence-electron chi connectivity index (χ4n) is 2.63. The first-order valence-electron chi connectivity index (χ1n) is 6.96. The van der Waals surface area contributed by atoms with Crippen molar-refractivity contribution in [2.24, 2.45) is 5.92 Å². The standard InChI is InChI=1S/C17H19NO2/c1-12-3-4-13(10-18-12)7-14-8-15-5-6-16(19-2)9-17(15)20-11-14/h3-6,9-10,14H,7-8,11H2,1-2H3/t14-/m0/s1. The van der Waals surface area contributed by atoms with Crippen LogP contribution in [0.2, 0.25) is 0 Å². The molecule has 1 atom stereocenters. The van der Waals surface area contributed by atoms with Gasteiger partial charge in [-0.2, -0.15) is 0 Å². The predicted molar refractivity (Wildman–Crippen MR) is 78.4 cm³/mol. The predicted octanol–water partition coefficient (Wildman–Crippen LogP) is 3.19. The van der Waals surface area contributed by atoms with Crippen LogP contribution in [-0.2, 0) is 12.8 Å². The van der Waals surface area contributed by atoms with Gasteiger partial charge in [0, 0.05) is 23.9 Å². The molecule has 0 spiro atoms. The molecule has 0 radical (unpaired) electrons. The number of benzene rings is 1. The van der Waals surface area contributed by atoms with Crippen LogP contribution >= 0.6 is 0 Å². The number of pyridine rings is 1. The second-order valence-corrected chi connectivity index (χ2v) is 5.37. The normalized spacial score (nSPS) is 17.2. The number of nitrogens with zero attached hydrogens (tertiary/aromatic N) is 1. The molecule has 1 aliphatic rings. The van der Waals surface area contributed by atoms with E-state index in [0.717, 1.165) is 36.6 Å². The zero-order valence-corrected chi connectivity index (χ0v) is 11.9. The van der Waals surface area contributed by atoms with Crippen LogP contribution in [0.15, 0.2) is 36.5 Å².